The molecule has 0 aliphatic carbocycles. The first kappa shape index (κ1) is 15.7. The molecule has 4 rings (SSSR count). The Morgan fingerprint density at radius 2 is 1.85 bits per heavy atom. The van der Waals surface area contributed by atoms with Crippen LogP contribution in [0, 0.1) is 0 Å². The zero-order valence-electron chi connectivity index (χ0n) is 13.5. The van der Waals surface area contributed by atoms with Crippen LogP contribution in [0.5, 0.6) is 0 Å². The van der Waals surface area contributed by atoms with Crippen molar-refractivity contribution < 1.29 is 4.79 Å². The smallest absolute Gasteiger partial charge is 0.261 e. The maximum Gasteiger partial charge on any atom is 0.261 e. The molecule has 2 aromatic heterocycles. The second kappa shape index (κ2) is 6.25. The normalized spacial score (nSPS) is 10.9. The van der Waals surface area contributed by atoms with Crippen molar-refractivity contribution >= 4 is 33.4 Å². The Kier molecular flexibility index (Phi) is 3.77. The van der Waals surface area contributed by atoms with Crippen molar-refractivity contribution in [2.45, 2.75) is 6.54 Å². The van der Waals surface area contributed by atoms with Gasteiger partial charge in [0.15, 0.2) is 0 Å². The summed E-state index contributed by atoms with van der Waals surface area (Å²) in [6.45, 7) is -0.182. The van der Waals surface area contributed by atoms with Crippen LogP contribution < -0.4 is 16.4 Å². The molecule has 2 aromatic carbocycles. The minimum Gasteiger partial charge on any atom is -0.325 e. The number of aromatic nitrogens is 4. The van der Waals surface area contributed by atoms with Crippen LogP contribution in [0.2, 0.25) is 0 Å². The molecule has 0 atom stereocenters. The number of fused-ring (bicyclic) bond motifs is 2. The van der Waals surface area contributed by atoms with Gasteiger partial charge in [0, 0.05) is 5.69 Å². The van der Waals surface area contributed by atoms with Gasteiger partial charge in [-0.2, -0.15) is 0 Å². The van der Waals surface area contributed by atoms with Crippen molar-refractivity contribution in [1.29, 1.82) is 0 Å². The lowest BCUT2D eigenvalue weighted by atomic mass is 10.2. The lowest BCUT2D eigenvalue weighted by molar-refractivity contribution is -0.116. The number of nitrogens with one attached hydrogen (secondary N) is 2. The number of anilines is 1. The predicted molar refractivity (Wildman–Crippen MR) is 97.0 cm³/mol. The van der Waals surface area contributed by atoms with E-state index in [0.717, 1.165) is 0 Å². The predicted octanol–water partition coefficient (Wildman–Crippen LogP) is 1.27. The van der Waals surface area contributed by atoms with Crippen LogP contribution in [-0.2, 0) is 11.3 Å². The van der Waals surface area contributed by atoms with Gasteiger partial charge in [-0.05, 0) is 30.3 Å². The molecule has 0 bridgehead atoms. The van der Waals surface area contributed by atoms with E-state index in [2.05, 4.69) is 20.3 Å². The average Bonchev–Trinajstić information content (AvgIpc) is 2.65. The van der Waals surface area contributed by atoms with E-state index in [1.165, 1.54) is 17.2 Å². The molecule has 0 unspecified atom stereocenters. The second-order valence-corrected chi connectivity index (χ2v) is 5.71. The number of nitrogens with zero attached hydrogens (tertiary/aromatic N) is 3. The Hall–Kier alpha value is -3.81. The van der Waals surface area contributed by atoms with Gasteiger partial charge in [-0.1, -0.05) is 12.1 Å². The Balaban J connectivity index is 1.60. The molecule has 0 saturated carbocycles. The fourth-order valence-corrected chi connectivity index (χ4v) is 2.72. The van der Waals surface area contributed by atoms with Gasteiger partial charge in [-0.25, -0.2) is 9.97 Å². The molecule has 8 nitrogen and oxygen atoms in total. The molecular weight excluding hydrogens is 334 g/mol. The Morgan fingerprint density at radius 1 is 1.04 bits per heavy atom. The number of hydrogen-bond acceptors (Lipinski definition) is 5. The molecule has 8 heteroatoms. The van der Waals surface area contributed by atoms with Crippen molar-refractivity contribution in [2.75, 3.05) is 5.32 Å². The summed E-state index contributed by atoms with van der Waals surface area (Å²) in [6.07, 6.45) is 2.67. The Labute approximate surface area is 146 Å². The lowest BCUT2D eigenvalue weighted by Crippen LogP contribution is -2.27. The lowest BCUT2D eigenvalue weighted by Gasteiger charge is -2.08. The van der Waals surface area contributed by atoms with Crippen molar-refractivity contribution in [3.05, 3.63) is 75.8 Å². The van der Waals surface area contributed by atoms with Gasteiger partial charge < -0.3 is 10.3 Å². The quantitative estimate of drug-likeness (QED) is 0.580. The highest BCUT2D eigenvalue weighted by molar-refractivity contribution is 5.93. The standard InChI is InChI=1S/C18H13N5O3/c24-16(8-23-10-21-14-4-2-1-3-12(14)18(23)26)22-11-5-6-15-13(7-11)17(25)20-9-19-15/h1-7,9-10H,8H2,(H,22,24)(H,19,20,25). The number of H-pyrrole nitrogens is 1. The first-order valence-corrected chi connectivity index (χ1v) is 7.83. The number of rotatable bonds is 3. The summed E-state index contributed by atoms with van der Waals surface area (Å²) >= 11 is 0. The largest absolute Gasteiger partial charge is 0.325 e. The fourth-order valence-electron chi connectivity index (χ4n) is 2.72. The first-order valence-electron chi connectivity index (χ1n) is 7.83. The SMILES string of the molecule is O=C(Cn1cnc2ccccc2c1=O)Nc1ccc2nc[nH]c(=O)c2c1. The molecule has 2 heterocycles. The topological polar surface area (TPSA) is 110 Å². The third kappa shape index (κ3) is 2.84. The van der Waals surface area contributed by atoms with Crippen LogP contribution in [0.15, 0.2) is 64.7 Å². The van der Waals surface area contributed by atoms with Gasteiger partial charge in [-0.15, -0.1) is 0 Å². The maximum atomic E-state index is 12.4. The summed E-state index contributed by atoms with van der Waals surface area (Å²) in [5.41, 5.74) is 0.978. The van der Waals surface area contributed by atoms with Crippen LogP contribution in [0.1, 0.15) is 0 Å². The van der Waals surface area contributed by atoms with E-state index in [0.29, 0.717) is 27.5 Å². The highest BCUT2D eigenvalue weighted by atomic mass is 16.2. The number of amides is 1. The first-order chi connectivity index (χ1) is 12.6. The molecule has 2 N–H and O–H groups in total. The van der Waals surface area contributed by atoms with Crippen LogP contribution in [0.25, 0.3) is 21.8 Å². The Bertz CT molecular complexity index is 1260. The van der Waals surface area contributed by atoms with Crippen molar-refractivity contribution in [1.82, 2.24) is 19.5 Å². The Morgan fingerprint density at radius 3 is 2.73 bits per heavy atom. The number of benzene rings is 2. The molecule has 0 radical (unpaired) electrons. The highest BCUT2D eigenvalue weighted by Gasteiger charge is 2.09. The van der Waals surface area contributed by atoms with Gasteiger partial charge in [-0.3, -0.25) is 19.0 Å². The van der Waals surface area contributed by atoms with Gasteiger partial charge in [0.2, 0.25) is 5.91 Å². The molecule has 0 spiro atoms. The second-order valence-electron chi connectivity index (χ2n) is 5.71. The van der Waals surface area contributed by atoms with Crippen LogP contribution >= 0.6 is 0 Å². The molecule has 0 saturated heterocycles. The van der Waals surface area contributed by atoms with Crippen molar-refractivity contribution in [3.8, 4) is 0 Å². The summed E-state index contributed by atoms with van der Waals surface area (Å²) in [5, 5.41) is 3.50. The van der Waals surface area contributed by atoms with E-state index < -0.39 is 5.91 Å². The van der Waals surface area contributed by atoms with Crippen LogP contribution in [-0.4, -0.2) is 25.4 Å². The third-order valence-electron chi connectivity index (χ3n) is 3.97. The van der Waals surface area contributed by atoms with E-state index in [-0.39, 0.29) is 17.7 Å². The van der Waals surface area contributed by atoms with Gasteiger partial charge >= 0.3 is 0 Å². The van der Waals surface area contributed by atoms with Gasteiger partial charge in [0.05, 0.1) is 34.5 Å². The molecule has 4 aromatic rings. The zero-order valence-corrected chi connectivity index (χ0v) is 13.5. The summed E-state index contributed by atoms with van der Waals surface area (Å²) in [6, 6.07) is 11.8. The molecule has 0 aliphatic heterocycles. The number of carbonyl (C=O) groups is 1. The molecule has 0 fully saturated rings. The van der Waals surface area contributed by atoms with E-state index in [1.54, 1.807) is 42.5 Å². The van der Waals surface area contributed by atoms with Gasteiger partial charge in [0.1, 0.15) is 6.54 Å². The number of para-hydroxylation sites is 1. The van der Waals surface area contributed by atoms with E-state index in [9.17, 15) is 14.4 Å². The molecular formula is C18H13N5O3. The highest BCUT2D eigenvalue weighted by Crippen LogP contribution is 2.14. The third-order valence-corrected chi connectivity index (χ3v) is 3.97. The number of hydrogen-bond donors (Lipinski definition) is 2. The molecule has 26 heavy (non-hydrogen) atoms. The summed E-state index contributed by atoms with van der Waals surface area (Å²) < 4.78 is 1.24. The minimum absolute atomic E-state index is 0.182. The monoisotopic (exact) mass is 347 g/mol. The van der Waals surface area contributed by atoms with Crippen molar-refractivity contribution in [2.24, 2.45) is 0 Å². The summed E-state index contributed by atoms with van der Waals surface area (Å²) in [4.78, 5) is 47.2. The van der Waals surface area contributed by atoms with Crippen LogP contribution in [0.3, 0.4) is 0 Å². The number of aromatic amines is 1. The molecule has 128 valence electrons. The minimum atomic E-state index is -0.399. The van der Waals surface area contributed by atoms with Crippen molar-refractivity contribution in [3.63, 3.8) is 0 Å². The van der Waals surface area contributed by atoms with E-state index in [1.807, 2.05) is 0 Å². The zero-order chi connectivity index (χ0) is 18.1. The average molecular weight is 347 g/mol. The summed E-state index contributed by atoms with van der Waals surface area (Å²) in [7, 11) is 0. The van der Waals surface area contributed by atoms with Gasteiger partial charge in [0.25, 0.3) is 11.1 Å². The molecule has 0 aliphatic rings. The fraction of sp³-hybridized carbons (Fsp3) is 0.0556. The van der Waals surface area contributed by atoms with E-state index >= 15 is 0 Å². The maximum absolute atomic E-state index is 12.4. The van der Waals surface area contributed by atoms with Crippen LogP contribution in [0.4, 0.5) is 5.69 Å². The molecule has 1 amide bonds. The van der Waals surface area contributed by atoms with E-state index in [4.69, 9.17) is 0 Å². The summed E-state index contributed by atoms with van der Waals surface area (Å²) in [5.74, 6) is -0.399. The number of carbonyl (C=O) groups excluding carboxylic acids is 1.